The molecule has 0 bridgehead atoms. The topological polar surface area (TPSA) is 60.7 Å². The molecule has 0 amide bonds. The van der Waals surface area contributed by atoms with Crippen LogP contribution in [0.4, 0.5) is 0 Å². The molecule has 0 aromatic heterocycles. The van der Waals surface area contributed by atoms with E-state index in [0.717, 1.165) is 0 Å². The van der Waals surface area contributed by atoms with Crippen LogP contribution in [0, 0.1) is 11.3 Å². The van der Waals surface area contributed by atoms with Gasteiger partial charge in [0.25, 0.3) is 5.79 Å². The van der Waals surface area contributed by atoms with Gasteiger partial charge in [0.1, 0.15) is 17.6 Å². The van der Waals surface area contributed by atoms with E-state index in [9.17, 15) is 5.26 Å². The second kappa shape index (κ2) is 5.20. The molecule has 3 aliphatic heterocycles. The van der Waals surface area contributed by atoms with Crippen LogP contribution in [0.2, 0.25) is 10.1 Å². The molecule has 3 rings (SSSR count). The third kappa shape index (κ3) is 2.59. The lowest BCUT2D eigenvalue weighted by Crippen LogP contribution is -2.65. The van der Waals surface area contributed by atoms with Crippen LogP contribution in [0.15, 0.2) is 0 Å². The van der Waals surface area contributed by atoms with Crippen molar-refractivity contribution >= 4 is 20.3 Å². The molecular weight excluding hydrogens is 330 g/mol. The molecular formula is C16H27NO4SSi. The third-order valence-corrected chi connectivity index (χ3v) is 11.4. The van der Waals surface area contributed by atoms with Crippen LogP contribution in [0.1, 0.15) is 48.5 Å². The van der Waals surface area contributed by atoms with Gasteiger partial charge in [-0.05, 0) is 0 Å². The molecule has 130 valence electrons. The Balaban J connectivity index is 1.91. The summed E-state index contributed by atoms with van der Waals surface area (Å²) in [5.74, 6) is -1.16. The Morgan fingerprint density at radius 2 is 1.70 bits per heavy atom. The number of nitrogens with zero attached hydrogens (tertiary/aromatic N) is 1. The number of ether oxygens (including phenoxy) is 2. The predicted octanol–water partition coefficient (Wildman–Crippen LogP) is 3.54. The van der Waals surface area contributed by atoms with Crippen molar-refractivity contribution in [3.05, 3.63) is 0 Å². The maximum atomic E-state index is 9.27. The molecule has 23 heavy (non-hydrogen) atoms. The summed E-state index contributed by atoms with van der Waals surface area (Å²) >= 11 is 1.68. The van der Waals surface area contributed by atoms with Crippen molar-refractivity contribution in [1.82, 2.24) is 0 Å². The summed E-state index contributed by atoms with van der Waals surface area (Å²) in [5.41, 5.74) is -0.150. The first-order chi connectivity index (χ1) is 10.4. The minimum atomic E-state index is -2.52. The maximum Gasteiger partial charge on any atom is 0.349 e. The first kappa shape index (κ1) is 17.7. The van der Waals surface area contributed by atoms with Crippen molar-refractivity contribution in [3.8, 4) is 6.07 Å². The van der Waals surface area contributed by atoms with Crippen molar-refractivity contribution in [2.45, 2.75) is 87.2 Å². The summed E-state index contributed by atoms with van der Waals surface area (Å²) in [7, 11) is -2.52. The van der Waals surface area contributed by atoms with Crippen LogP contribution in [0.25, 0.3) is 0 Å². The quantitative estimate of drug-likeness (QED) is 0.618. The lowest BCUT2D eigenvalue weighted by Gasteiger charge is -2.54. The van der Waals surface area contributed by atoms with Crippen LogP contribution in [-0.4, -0.2) is 43.8 Å². The third-order valence-electron chi connectivity index (χ3n) is 4.90. The summed E-state index contributed by atoms with van der Waals surface area (Å²) < 4.78 is 25.0. The molecule has 0 radical (unpaired) electrons. The highest BCUT2D eigenvalue weighted by atomic mass is 32.2. The van der Waals surface area contributed by atoms with E-state index in [2.05, 4.69) is 47.6 Å². The number of hydrogen-bond donors (Lipinski definition) is 0. The number of rotatable bonds is 0. The molecule has 5 atom stereocenters. The lowest BCUT2D eigenvalue weighted by molar-refractivity contribution is -0.131. The van der Waals surface area contributed by atoms with Gasteiger partial charge in [-0.2, -0.15) is 5.26 Å². The molecule has 0 aliphatic carbocycles. The lowest BCUT2D eigenvalue weighted by atomic mass is 10.1. The molecule has 5 nitrogen and oxygen atoms in total. The molecule has 3 saturated heterocycles. The summed E-state index contributed by atoms with van der Waals surface area (Å²) in [6, 6.07) is 2.11. The van der Waals surface area contributed by atoms with Gasteiger partial charge in [0.2, 0.25) is 0 Å². The number of fused-ring (bicyclic) bond motifs is 3. The van der Waals surface area contributed by atoms with Crippen LogP contribution >= 0.6 is 11.8 Å². The van der Waals surface area contributed by atoms with Gasteiger partial charge in [-0.25, -0.2) is 0 Å². The van der Waals surface area contributed by atoms with E-state index in [0.29, 0.717) is 6.61 Å². The second-order valence-corrected chi connectivity index (χ2v) is 14.9. The van der Waals surface area contributed by atoms with Crippen molar-refractivity contribution < 1.29 is 18.3 Å². The van der Waals surface area contributed by atoms with Gasteiger partial charge in [-0.1, -0.05) is 41.5 Å². The molecule has 3 fully saturated rings. The van der Waals surface area contributed by atoms with Crippen LogP contribution in [0.5, 0.6) is 0 Å². The smallest absolute Gasteiger partial charge is 0.349 e. The standard InChI is InChI=1S/C16H27NO4SSi/c1-14(2,3)23(15(4,5)6)18-8-10-11(21-23)12-13(22-10)20-16(7,9-17)19-12/h10-13H,8H2,1-7H3/t10-,11-,12-,13+,16-/m1/s1. The Bertz CT molecular complexity index is 524. The molecule has 0 saturated carbocycles. The summed E-state index contributed by atoms with van der Waals surface area (Å²) in [6.45, 7) is 15.6. The van der Waals surface area contributed by atoms with Crippen LogP contribution in [-0.2, 0) is 18.3 Å². The fraction of sp³-hybridized carbons (Fsp3) is 0.938. The molecule has 0 aromatic carbocycles. The second-order valence-electron chi connectivity index (χ2n) is 8.81. The predicted molar refractivity (Wildman–Crippen MR) is 91.2 cm³/mol. The molecule has 0 unspecified atom stereocenters. The Morgan fingerprint density at radius 1 is 1.09 bits per heavy atom. The summed E-state index contributed by atoms with van der Waals surface area (Å²) in [6.07, 6.45) is -0.269. The number of thioether (sulfide) groups is 1. The normalized spacial score (nSPS) is 42.9. The van der Waals surface area contributed by atoms with Gasteiger partial charge < -0.3 is 18.3 Å². The van der Waals surface area contributed by atoms with Crippen molar-refractivity contribution in [3.63, 3.8) is 0 Å². The Hall–Kier alpha value is -0.103. The van der Waals surface area contributed by atoms with E-state index in [1.165, 1.54) is 0 Å². The van der Waals surface area contributed by atoms with Crippen LogP contribution < -0.4 is 0 Å². The number of nitriles is 1. The van der Waals surface area contributed by atoms with Crippen molar-refractivity contribution in [2.24, 2.45) is 0 Å². The van der Waals surface area contributed by atoms with E-state index in [-0.39, 0.29) is 33.0 Å². The zero-order valence-electron chi connectivity index (χ0n) is 15.0. The monoisotopic (exact) mass is 357 g/mol. The molecule has 0 N–H and O–H groups in total. The first-order valence-electron chi connectivity index (χ1n) is 8.17. The van der Waals surface area contributed by atoms with E-state index in [4.69, 9.17) is 18.3 Å². The number of hydrogen-bond acceptors (Lipinski definition) is 6. The first-order valence-corrected chi connectivity index (χ1v) is 10.9. The molecule has 0 aromatic rings. The van der Waals surface area contributed by atoms with Gasteiger partial charge in [0.05, 0.1) is 18.0 Å². The SMILES string of the molecule is CC(C)(C)[Si]1(C(C)(C)C)OC[C@H]2S[C@@H]3O[C@](C)(C#N)O[C@@H]3[C@@H]2O1. The van der Waals surface area contributed by atoms with Gasteiger partial charge >= 0.3 is 8.56 Å². The van der Waals surface area contributed by atoms with Crippen molar-refractivity contribution in [1.29, 1.82) is 5.26 Å². The Labute approximate surface area is 144 Å². The fourth-order valence-electron chi connectivity index (χ4n) is 4.09. The van der Waals surface area contributed by atoms with Gasteiger partial charge in [0.15, 0.2) is 0 Å². The highest BCUT2D eigenvalue weighted by Crippen LogP contribution is 2.58. The van der Waals surface area contributed by atoms with Gasteiger partial charge in [-0.3, -0.25) is 0 Å². The fourth-order valence-corrected chi connectivity index (χ4v) is 10.8. The van der Waals surface area contributed by atoms with Gasteiger partial charge in [-0.15, -0.1) is 11.8 Å². The zero-order valence-corrected chi connectivity index (χ0v) is 16.8. The van der Waals surface area contributed by atoms with E-state index < -0.39 is 14.3 Å². The highest BCUT2D eigenvalue weighted by Gasteiger charge is 2.67. The molecule has 3 heterocycles. The average Bonchev–Trinajstić information content (AvgIpc) is 2.89. The minimum absolute atomic E-state index is 0.0586. The van der Waals surface area contributed by atoms with E-state index >= 15 is 0 Å². The minimum Gasteiger partial charge on any atom is -0.392 e. The van der Waals surface area contributed by atoms with Crippen LogP contribution in [0.3, 0.4) is 0 Å². The van der Waals surface area contributed by atoms with Gasteiger partial charge in [0, 0.05) is 17.0 Å². The Kier molecular flexibility index (Phi) is 4.00. The maximum absolute atomic E-state index is 9.27. The molecule has 7 heteroatoms. The zero-order chi connectivity index (χ0) is 17.3. The average molecular weight is 358 g/mol. The van der Waals surface area contributed by atoms with Crippen molar-refractivity contribution in [2.75, 3.05) is 6.61 Å². The molecule has 3 aliphatic rings. The Morgan fingerprint density at radius 3 is 2.22 bits per heavy atom. The van der Waals surface area contributed by atoms with E-state index in [1.54, 1.807) is 18.7 Å². The summed E-state index contributed by atoms with van der Waals surface area (Å²) in [4.78, 5) is 0. The summed E-state index contributed by atoms with van der Waals surface area (Å²) in [5, 5.41) is 9.36. The largest absolute Gasteiger partial charge is 0.392 e. The van der Waals surface area contributed by atoms with E-state index in [1.807, 2.05) is 0 Å². The highest BCUT2D eigenvalue weighted by molar-refractivity contribution is 8.00. The molecule has 0 spiro atoms.